The van der Waals surface area contributed by atoms with Gasteiger partial charge in [0.05, 0.1) is 17.7 Å². The van der Waals surface area contributed by atoms with Crippen LogP contribution in [0.25, 0.3) is 10.9 Å². The molecule has 6 nitrogen and oxygen atoms in total. The minimum atomic E-state index is -0.380. The van der Waals surface area contributed by atoms with Crippen LogP contribution in [0, 0.1) is 0 Å². The summed E-state index contributed by atoms with van der Waals surface area (Å²) in [6, 6.07) is 12.9. The lowest BCUT2D eigenvalue weighted by Gasteiger charge is -2.11. The number of fused-ring (bicyclic) bond motifs is 1. The first-order valence-corrected chi connectivity index (χ1v) is 9.71. The summed E-state index contributed by atoms with van der Waals surface area (Å²) in [7, 11) is 0. The maximum atomic E-state index is 12.4. The topological polar surface area (TPSA) is 77.4 Å². The number of aromatic nitrogens is 1. The number of nitrogens with zero attached hydrogens (tertiary/aromatic N) is 1. The molecule has 0 atom stereocenters. The fourth-order valence-corrected chi connectivity index (χ4v) is 3.03. The third kappa shape index (κ3) is 5.23. The van der Waals surface area contributed by atoms with Crippen molar-refractivity contribution in [1.29, 1.82) is 0 Å². The van der Waals surface area contributed by atoms with Crippen LogP contribution in [0.5, 0.6) is 0 Å². The van der Waals surface area contributed by atoms with Crippen LogP contribution in [0.3, 0.4) is 0 Å². The zero-order valence-electron chi connectivity index (χ0n) is 16.0. The number of unbranched alkanes of at least 4 members (excludes halogenated alkanes) is 1. The Balaban J connectivity index is 1.67. The van der Waals surface area contributed by atoms with Crippen LogP contribution in [0.4, 0.5) is 5.69 Å². The van der Waals surface area contributed by atoms with E-state index in [1.54, 1.807) is 53.2 Å². The Kier molecular flexibility index (Phi) is 6.67. The van der Waals surface area contributed by atoms with Crippen molar-refractivity contribution < 1.29 is 14.3 Å². The number of ether oxygens (including phenoxy) is 1. The molecule has 1 heterocycles. The smallest absolute Gasteiger partial charge is 0.338 e. The first kappa shape index (κ1) is 20.6. The number of esters is 1. The van der Waals surface area contributed by atoms with E-state index < -0.39 is 0 Å². The molecule has 0 spiro atoms. The van der Waals surface area contributed by atoms with Crippen molar-refractivity contribution in [2.24, 2.45) is 0 Å². The maximum Gasteiger partial charge on any atom is 0.338 e. The van der Waals surface area contributed by atoms with Crippen molar-refractivity contribution in [3.63, 3.8) is 0 Å². The van der Waals surface area contributed by atoms with Gasteiger partial charge in [0.2, 0.25) is 5.91 Å². The Labute approximate surface area is 173 Å². The molecule has 3 rings (SSSR count). The van der Waals surface area contributed by atoms with E-state index in [2.05, 4.69) is 5.32 Å². The number of carbonyl (C=O) groups is 2. The molecule has 0 unspecified atom stereocenters. The molecule has 0 aliphatic heterocycles. The van der Waals surface area contributed by atoms with Crippen molar-refractivity contribution in [3.05, 3.63) is 75.5 Å². The molecular formula is C22H21ClN2O4. The van der Waals surface area contributed by atoms with Gasteiger partial charge in [-0.15, -0.1) is 0 Å². The molecule has 3 aromatic rings. The highest BCUT2D eigenvalue weighted by Gasteiger charge is 2.10. The third-order valence-electron chi connectivity index (χ3n) is 4.39. The first-order chi connectivity index (χ1) is 14.0. The van der Waals surface area contributed by atoms with Crippen molar-refractivity contribution in [1.82, 2.24) is 4.57 Å². The van der Waals surface area contributed by atoms with Gasteiger partial charge >= 0.3 is 5.97 Å². The van der Waals surface area contributed by atoms with Crippen LogP contribution < -0.4 is 10.7 Å². The number of benzene rings is 2. The summed E-state index contributed by atoms with van der Waals surface area (Å²) in [5, 5.41) is 3.70. The second-order valence-corrected chi connectivity index (χ2v) is 7.02. The Bertz CT molecular complexity index is 1090. The van der Waals surface area contributed by atoms with Gasteiger partial charge in [0.15, 0.2) is 5.43 Å². The quantitative estimate of drug-likeness (QED) is 0.465. The third-order valence-corrected chi connectivity index (χ3v) is 4.62. The Hall–Kier alpha value is -3.12. The monoisotopic (exact) mass is 412 g/mol. The lowest BCUT2D eigenvalue weighted by atomic mass is 10.2. The molecule has 29 heavy (non-hydrogen) atoms. The lowest BCUT2D eigenvalue weighted by molar-refractivity contribution is -0.116. The molecule has 1 aromatic heterocycles. The number of pyridine rings is 1. The number of rotatable bonds is 7. The molecule has 0 aliphatic carbocycles. The Morgan fingerprint density at radius 2 is 1.86 bits per heavy atom. The largest absolute Gasteiger partial charge is 0.462 e. The van der Waals surface area contributed by atoms with E-state index in [-0.39, 0.29) is 23.9 Å². The van der Waals surface area contributed by atoms with Crippen molar-refractivity contribution in [2.75, 3.05) is 11.9 Å². The maximum absolute atomic E-state index is 12.4. The predicted molar refractivity (Wildman–Crippen MR) is 113 cm³/mol. The second-order valence-electron chi connectivity index (χ2n) is 6.58. The molecule has 1 N–H and O–H groups in total. The second kappa shape index (κ2) is 9.39. The molecule has 1 amide bonds. The standard InChI is InChI=1S/C22H21ClN2O4/c1-2-3-12-29-22(28)15-4-7-17(8-5-15)24-21(27)14-25-11-10-20(26)18-13-16(23)6-9-19(18)25/h4-11,13H,2-3,12,14H2,1H3,(H,24,27). The molecule has 0 radical (unpaired) electrons. The van der Waals surface area contributed by atoms with Crippen LogP contribution in [-0.2, 0) is 16.1 Å². The van der Waals surface area contributed by atoms with Crippen molar-refractivity contribution in [3.8, 4) is 0 Å². The summed E-state index contributed by atoms with van der Waals surface area (Å²) in [6.07, 6.45) is 3.36. The first-order valence-electron chi connectivity index (χ1n) is 9.33. The van der Waals surface area contributed by atoms with Crippen LogP contribution in [0.2, 0.25) is 5.02 Å². The molecule has 0 bridgehead atoms. The number of hydrogen-bond acceptors (Lipinski definition) is 4. The number of nitrogens with one attached hydrogen (secondary N) is 1. The average molecular weight is 413 g/mol. The molecule has 0 fully saturated rings. The molecule has 150 valence electrons. The van der Waals surface area contributed by atoms with Gasteiger partial charge in [-0.1, -0.05) is 24.9 Å². The summed E-state index contributed by atoms with van der Waals surface area (Å²) in [5.74, 6) is -0.641. The van der Waals surface area contributed by atoms with Gasteiger partial charge in [-0.25, -0.2) is 4.79 Å². The van der Waals surface area contributed by atoms with Gasteiger partial charge in [-0.2, -0.15) is 0 Å². The van der Waals surface area contributed by atoms with E-state index in [9.17, 15) is 14.4 Å². The van der Waals surface area contributed by atoms with E-state index in [1.807, 2.05) is 6.92 Å². The van der Waals surface area contributed by atoms with Crippen molar-refractivity contribution in [2.45, 2.75) is 26.3 Å². The normalized spacial score (nSPS) is 10.7. The Morgan fingerprint density at radius 3 is 2.59 bits per heavy atom. The van der Waals surface area contributed by atoms with Crippen LogP contribution in [0.1, 0.15) is 30.1 Å². The zero-order valence-corrected chi connectivity index (χ0v) is 16.7. The van der Waals surface area contributed by atoms with Gasteiger partial charge in [0.1, 0.15) is 6.54 Å². The fraction of sp³-hybridized carbons (Fsp3) is 0.227. The molecular weight excluding hydrogens is 392 g/mol. The summed E-state index contributed by atoms with van der Waals surface area (Å²) in [6.45, 7) is 2.45. The number of amides is 1. The SMILES string of the molecule is CCCCOC(=O)c1ccc(NC(=O)Cn2ccc(=O)c3cc(Cl)ccc32)cc1. The van der Waals surface area contributed by atoms with E-state index in [0.29, 0.717) is 33.8 Å². The number of carbonyl (C=O) groups excluding carboxylic acids is 2. The number of halogens is 1. The fourth-order valence-electron chi connectivity index (χ4n) is 2.86. The number of anilines is 1. The van der Waals surface area contributed by atoms with Gasteiger partial charge in [0, 0.05) is 28.4 Å². The van der Waals surface area contributed by atoms with Gasteiger partial charge in [0.25, 0.3) is 0 Å². The van der Waals surface area contributed by atoms with Gasteiger partial charge < -0.3 is 14.6 Å². The van der Waals surface area contributed by atoms with Crippen LogP contribution in [-0.4, -0.2) is 23.1 Å². The van der Waals surface area contributed by atoms with Crippen LogP contribution in [0.15, 0.2) is 59.5 Å². The van der Waals surface area contributed by atoms with E-state index in [1.165, 1.54) is 6.07 Å². The minimum absolute atomic E-state index is 0.0270. The summed E-state index contributed by atoms with van der Waals surface area (Å²) >= 11 is 5.97. The molecule has 2 aromatic carbocycles. The number of hydrogen-bond donors (Lipinski definition) is 1. The highest BCUT2D eigenvalue weighted by Crippen LogP contribution is 2.17. The summed E-state index contributed by atoms with van der Waals surface area (Å²) in [5.41, 5.74) is 1.47. The molecule has 7 heteroatoms. The molecule has 0 saturated heterocycles. The average Bonchev–Trinajstić information content (AvgIpc) is 2.71. The van der Waals surface area contributed by atoms with E-state index >= 15 is 0 Å². The van der Waals surface area contributed by atoms with Gasteiger partial charge in [-0.3, -0.25) is 9.59 Å². The van der Waals surface area contributed by atoms with Crippen LogP contribution >= 0.6 is 11.6 Å². The minimum Gasteiger partial charge on any atom is -0.462 e. The van der Waals surface area contributed by atoms with E-state index in [4.69, 9.17) is 16.3 Å². The van der Waals surface area contributed by atoms with E-state index in [0.717, 1.165) is 12.8 Å². The lowest BCUT2D eigenvalue weighted by Crippen LogP contribution is -2.20. The van der Waals surface area contributed by atoms with Crippen molar-refractivity contribution >= 4 is 40.1 Å². The predicted octanol–water partition coefficient (Wildman–Crippen LogP) is 4.25. The molecule has 0 aliphatic rings. The van der Waals surface area contributed by atoms with Gasteiger partial charge in [-0.05, 0) is 48.9 Å². The highest BCUT2D eigenvalue weighted by molar-refractivity contribution is 6.31. The summed E-state index contributed by atoms with van der Waals surface area (Å²) < 4.78 is 6.85. The zero-order chi connectivity index (χ0) is 20.8. The highest BCUT2D eigenvalue weighted by atomic mass is 35.5. The summed E-state index contributed by atoms with van der Waals surface area (Å²) in [4.78, 5) is 36.4. The molecule has 0 saturated carbocycles. The Morgan fingerprint density at radius 1 is 1.10 bits per heavy atom.